The van der Waals surface area contributed by atoms with Gasteiger partial charge in [-0.25, -0.2) is 4.98 Å². The molecule has 1 heterocycles. The Morgan fingerprint density at radius 2 is 1.74 bits per heavy atom. The quantitative estimate of drug-likeness (QED) is 0.729. The maximum Gasteiger partial charge on any atom is 0.187 e. The highest BCUT2D eigenvalue weighted by Gasteiger charge is 2.15. The lowest BCUT2D eigenvalue weighted by Crippen LogP contribution is -2.07. The molecule has 2 aromatic rings. The molecule has 2 nitrogen and oxygen atoms in total. The van der Waals surface area contributed by atoms with Crippen LogP contribution in [0.3, 0.4) is 0 Å². The number of aromatic nitrogens is 1. The molecule has 1 aromatic carbocycles. The molecule has 0 radical (unpaired) electrons. The van der Waals surface area contributed by atoms with E-state index in [1.165, 1.54) is 12.3 Å². The number of nitrogens with zero attached hydrogens (tertiary/aromatic N) is 1. The Bertz CT molecular complexity index is 643. The molecule has 0 aliphatic carbocycles. The minimum Gasteiger partial charge on any atom is -0.292 e. The molecule has 19 heavy (non-hydrogen) atoms. The number of hydrogen-bond donors (Lipinski definition) is 0. The van der Waals surface area contributed by atoms with Crippen molar-refractivity contribution in [3.05, 3.63) is 61.8 Å². The molecule has 0 saturated heterocycles. The molecule has 2 rings (SSSR count). The average Bonchev–Trinajstić information content (AvgIpc) is 2.33. The lowest BCUT2D eigenvalue weighted by Gasteiger charge is -2.05. The van der Waals surface area contributed by atoms with E-state index in [-0.39, 0.29) is 22.9 Å². The van der Waals surface area contributed by atoms with Gasteiger partial charge in [0.2, 0.25) is 0 Å². The van der Waals surface area contributed by atoms with Crippen molar-refractivity contribution in [1.29, 1.82) is 0 Å². The number of pyridine rings is 1. The molecule has 0 aliphatic rings. The maximum absolute atomic E-state index is 12.1. The lowest BCUT2D eigenvalue weighted by atomic mass is 10.1. The van der Waals surface area contributed by atoms with Crippen LogP contribution in [-0.4, -0.2) is 10.8 Å². The summed E-state index contributed by atoms with van der Waals surface area (Å²) in [6.45, 7) is 0. The van der Waals surface area contributed by atoms with Crippen molar-refractivity contribution in [2.75, 3.05) is 0 Å². The Labute approximate surface area is 130 Å². The maximum atomic E-state index is 12.1. The van der Waals surface area contributed by atoms with Gasteiger partial charge in [0.25, 0.3) is 0 Å². The number of rotatable bonds is 3. The monoisotopic (exact) mass is 333 g/mol. The van der Waals surface area contributed by atoms with Crippen LogP contribution in [0.1, 0.15) is 16.1 Å². The van der Waals surface area contributed by atoms with E-state index in [1.54, 1.807) is 18.2 Å². The number of halogens is 4. The van der Waals surface area contributed by atoms with E-state index in [9.17, 15) is 4.79 Å². The van der Waals surface area contributed by atoms with Gasteiger partial charge in [-0.3, -0.25) is 4.79 Å². The van der Waals surface area contributed by atoms with Crippen molar-refractivity contribution in [3.8, 4) is 0 Å². The predicted molar refractivity (Wildman–Crippen MR) is 78.8 cm³/mol. The summed E-state index contributed by atoms with van der Waals surface area (Å²) in [7, 11) is 0. The van der Waals surface area contributed by atoms with Gasteiger partial charge in [0.1, 0.15) is 5.69 Å². The third-order valence-electron chi connectivity index (χ3n) is 2.43. The van der Waals surface area contributed by atoms with Gasteiger partial charge < -0.3 is 0 Å². The Kier molecular flexibility index (Phi) is 4.69. The SMILES string of the molecule is O=C(Cc1cc(Cl)ccc1Cl)c1ncc(Cl)cc1Cl. The van der Waals surface area contributed by atoms with Gasteiger partial charge in [0.05, 0.1) is 10.0 Å². The molecule has 0 fully saturated rings. The van der Waals surface area contributed by atoms with E-state index in [0.29, 0.717) is 20.6 Å². The summed E-state index contributed by atoms with van der Waals surface area (Å²) in [6, 6.07) is 6.42. The molecule has 0 atom stereocenters. The van der Waals surface area contributed by atoms with Gasteiger partial charge in [-0.1, -0.05) is 46.4 Å². The standard InChI is InChI=1S/C13H7Cl4NO/c14-8-1-2-10(16)7(3-8)4-12(19)13-11(17)5-9(15)6-18-13/h1-3,5-6H,4H2. The lowest BCUT2D eigenvalue weighted by molar-refractivity contribution is 0.0988. The molecule has 0 bridgehead atoms. The fraction of sp³-hybridized carbons (Fsp3) is 0.0769. The van der Waals surface area contributed by atoms with E-state index in [1.807, 2.05) is 0 Å². The van der Waals surface area contributed by atoms with Crippen LogP contribution in [-0.2, 0) is 6.42 Å². The smallest absolute Gasteiger partial charge is 0.187 e. The van der Waals surface area contributed by atoms with Gasteiger partial charge in [0.15, 0.2) is 5.78 Å². The number of carbonyl (C=O) groups excluding carboxylic acids is 1. The highest BCUT2D eigenvalue weighted by atomic mass is 35.5. The molecule has 6 heteroatoms. The third kappa shape index (κ3) is 3.61. The minimum absolute atomic E-state index is 0.0771. The summed E-state index contributed by atoms with van der Waals surface area (Å²) < 4.78 is 0. The zero-order valence-electron chi connectivity index (χ0n) is 9.46. The molecule has 0 amide bonds. The summed E-state index contributed by atoms with van der Waals surface area (Å²) in [6.07, 6.45) is 1.45. The number of benzene rings is 1. The van der Waals surface area contributed by atoms with Crippen LogP contribution in [0.15, 0.2) is 30.5 Å². The van der Waals surface area contributed by atoms with E-state index in [2.05, 4.69) is 4.98 Å². The van der Waals surface area contributed by atoms with E-state index in [4.69, 9.17) is 46.4 Å². The van der Waals surface area contributed by atoms with Gasteiger partial charge in [0, 0.05) is 22.7 Å². The first kappa shape index (κ1) is 14.6. The number of hydrogen-bond acceptors (Lipinski definition) is 2. The summed E-state index contributed by atoms with van der Waals surface area (Å²) in [4.78, 5) is 16.1. The third-order valence-corrected chi connectivity index (χ3v) is 3.53. The second kappa shape index (κ2) is 6.10. The van der Waals surface area contributed by atoms with E-state index in [0.717, 1.165) is 0 Å². The van der Waals surface area contributed by atoms with Crippen LogP contribution in [0.2, 0.25) is 20.1 Å². The Morgan fingerprint density at radius 1 is 1.00 bits per heavy atom. The van der Waals surface area contributed by atoms with Crippen molar-refractivity contribution in [1.82, 2.24) is 4.98 Å². The van der Waals surface area contributed by atoms with Crippen LogP contribution in [0.4, 0.5) is 0 Å². The summed E-state index contributed by atoms with van der Waals surface area (Å²) in [5, 5.41) is 1.59. The first-order valence-corrected chi connectivity index (χ1v) is 6.76. The van der Waals surface area contributed by atoms with Gasteiger partial charge >= 0.3 is 0 Å². The first-order valence-electron chi connectivity index (χ1n) is 5.25. The topological polar surface area (TPSA) is 30.0 Å². The molecule has 1 aromatic heterocycles. The second-order valence-corrected chi connectivity index (χ2v) is 5.51. The van der Waals surface area contributed by atoms with Crippen molar-refractivity contribution < 1.29 is 4.79 Å². The van der Waals surface area contributed by atoms with Crippen LogP contribution in [0.5, 0.6) is 0 Å². The molecule has 0 N–H and O–H groups in total. The molecular formula is C13H7Cl4NO. The number of carbonyl (C=O) groups is 1. The zero-order valence-corrected chi connectivity index (χ0v) is 12.5. The Balaban J connectivity index is 2.28. The molecule has 0 unspecified atom stereocenters. The van der Waals surface area contributed by atoms with Gasteiger partial charge in [-0.05, 0) is 29.8 Å². The largest absolute Gasteiger partial charge is 0.292 e. The van der Waals surface area contributed by atoms with Crippen molar-refractivity contribution >= 4 is 52.2 Å². The number of Topliss-reactive ketones (excluding diaryl/α,β-unsaturated/α-hetero) is 1. The Hall–Kier alpha value is -0.800. The first-order chi connectivity index (χ1) is 8.97. The summed E-state index contributed by atoms with van der Waals surface area (Å²) in [5.74, 6) is -0.245. The molecular weight excluding hydrogens is 328 g/mol. The van der Waals surface area contributed by atoms with Gasteiger partial charge in [-0.15, -0.1) is 0 Å². The Morgan fingerprint density at radius 3 is 2.42 bits per heavy atom. The van der Waals surface area contributed by atoms with Crippen LogP contribution in [0, 0.1) is 0 Å². The number of ketones is 1. The average molecular weight is 335 g/mol. The molecule has 0 aliphatic heterocycles. The predicted octanol–water partition coefficient (Wildman–Crippen LogP) is 5.12. The second-order valence-electron chi connectivity index (χ2n) is 3.82. The van der Waals surface area contributed by atoms with Crippen molar-refractivity contribution in [3.63, 3.8) is 0 Å². The van der Waals surface area contributed by atoms with Crippen molar-refractivity contribution in [2.45, 2.75) is 6.42 Å². The fourth-order valence-electron chi connectivity index (χ4n) is 1.56. The van der Waals surface area contributed by atoms with Gasteiger partial charge in [-0.2, -0.15) is 0 Å². The van der Waals surface area contributed by atoms with Crippen LogP contribution in [0.25, 0.3) is 0 Å². The zero-order chi connectivity index (χ0) is 14.0. The van der Waals surface area contributed by atoms with Crippen LogP contribution >= 0.6 is 46.4 Å². The molecule has 98 valence electrons. The normalized spacial score (nSPS) is 10.5. The molecule has 0 spiro atoms. The highest BCUT2D eigenvalue weighted by Crippen LogP contribution is 2.24. The fourth-order valence-corrected chi connectivity index (χ4v) is 2.42. The van der Waals surface area contributed by atoms with E-state index >= 15 is 0 Å². The van der Waals surface area contributed by atoms with E-state index < -0.39 is 0 Å². The minimum atomic E-state index is -0.245. The molecule has 0 saturated carbocycles. The van der Waals surface area contributed by atoms with Crippen LogP contribution < -0.4 is 0 Å². The van der Waals surface area contributed by atoms with Crippen molar-refractivity contribution in [2.24, 2.45) is 0 Å². The highest BCUT2D eigenvalue weighted by molar-refractivity contribution is 6.36. The summed E-state index contributed by atoms with van der Waals surface area (Å²) in [5.41, 5.74) is 0.800. The summed E-state index contributed by atoms with van der Waals surface area (Å²) >= 11 is 23.5.